The normalized spacial score (nSPS) is 12.1. The zero-order valence-electron chi connectivity index (χ0n) is 18.3. The molecule has 1 amide bonds. The van der Waals surface area contributed by atoms with Crippen LogP contribution in [-0.4, -0.2) is 49.3 Å². The maximum absolute atomic E-state index is 13.4. The highest BCUT2D eigenvalue weighted by Gasteiger charge is 2.31. The lowest BCUT2D eigenvalue weighted by molar-refractivity contribution is -0.137. The van der Waals surface area contributed by atoms with Gasteiger partial charge in [0, 0.05) is 43.2 Å². The Hall–Kier alpha value is -3.73. The highest BCUT2D eigenvalue weighted by Crippen LogP contribution is 2.30. The molecule has 3 heterocycles. The SMILES string of the molecule is CCN(C)N(Cc1ccc(C(F)(F)F)cn1)C(=O)c1ccc2nc(N)c3c(cnn3C)c2c1. The number of hydrazine groups is 1. The van der Waals surface area contributed by atoms with Crippen LogP contribution in [0.15, 0.2) is 42.7 Å². The molecule has 172 valence electrons. The zero-order valence-corrected chi connectivity index (χ0v) is 18.3. The van der Waals surface area contributed by atoms with Gasteiger partial charge in [-0.25, -0.2) is 9.99 Å². The van der Waals surface area contributed by atoms with Gasteiger partial charge in [0.25, 0.3) is 5.91 Å². The predicted octanol–water partition coefficient (Wildman–Crippen LogP) is 3.63. The molecular weight excluding hydrogens is 435 g/mol. The van der Waals surface area contributed by atoms with E-state index in [1.54, 1.807) is 48.2 Å². The Bertz CT molecular complexity index is 1330. The Morgan fingerprint density at radius 1 is 1.15 bits per heavy atom. The van der Waals surface area contributed by atoms with Crippen LogP contribution in [0.25, 0.3) is 21.8 Å². The molecule has 0 fully saturated rings. The lowest BCUT2D eigenvalue weighted by Gasteiger charge is -2.31. The van der Waals surface area contributed by atoms with Crippen molar-refractivity contribution < 1.29 is 18.0 Å². The molecule has 33 heavy (non-hydrogen) atoms. The van der Waals surface area contributed by atoms with Crippen molar-refractivity contribution in [3.8, 4) is 0 Å². The van der Waals surface area contributed by atoms with Gasteiger partial charge in [0.15, 0.2) is 0 Å². The maximum atomic E-state index is 13.4. The number of fused-ring (bicyclic) bond motifs is 3. The Morgan fingerprint density at radius 3 is 2.55 bits per heavy atom. The van der Waals surface area contributed by atoms with E-state index in [1.807, 2.05) is 6.92 Å². The van der Waals surface area contributed by atoms with E-state index in [0.717, 1.165) is 23.0 Å². The van der Waals surface area contributed by atoms with Gasteiger partial charge < -0.3 is 5.73 Å². The number of alkyl halides is 3. The fourth-order valence-electron chi connectivity index (χ4n) is 3.61. The Morgan fingerprint density at radius 2 is 1.91 bits per heavy atom. The number of nitrogen functional groups attached to an aromatic ring is 1. The highest BCUT2D eigenvalue weighted by atomic mass is 19.4. The van der Waals surface area contributed by atoms with Gasteiger partial charge in [0.2, 0.25) is 0 Å². The fraction of sp³-hybridized carbons (Fsp3) is 0.273. The summed E-state index contributed by atoms with van der Waals surface area (Å²) in [5.41, 5.74) is 7.25. The highest BCUT2D eigenvalue weighted by molar-refractivity contribution is 6.10. The van der Waals surface area contributed by atoms with Crippen molar-refractivity contribution in [1.29, 1.82) is 0 Å². The average Bonchev–Trinajstić information content (AvgIpc) is 3.18. The van der Waals surface area contributed by atoms with E-state index < -0.39 is 11.7 Å². The van der Waals surface area contributed by atoms with Gasteiger partial charge in [-0.15, -0.1) is 0 Å². The first-order valence-corrected chi connectivity index (χ1v) is 10.2. The molecule has 0 atom stereocenters. The van der Waals surface area contributed by atoms with Gasteiger partial charge in [-0.3, -0.25) is 19.5 Å². The van der Waals surface area contributed by atoms with Crippen molar-refractivity contribution in [2.24, 2.45) is 7.05 Å². The van der Waals surface area contributed by atoms with Gasteiger partial charge >= 0.3 is 6.18 Å². The van der Waals surface area contributed by atoms with E-state index in [4.69, 9.17) is 5.73 Å². The number of nitrogens with zero attached hydrogens (tertiary/aromatic N) is 6. The summed E-state index contributed by atoms with van der Waals surface area (Å²) in [6, 6.07) is 7.33. The molecule has 0 radical (unpaired) electrons. The number of pyridine rings is 2. The Balaban J connectivity index is 1.70. The number of benzene rings is 1. The molecule has 2 N–H and O–H groups in total. The van der Waals surface area contributed by atoms with Gasteiger partial charge in [-0.2, -0.15) is 18.3 Å². The minimum Gasteiger partial charge on any atom is -0.382 e. The zero-order chi connectivity index (χ0) is 23.9. The van der Waals surface area contributed by atoms with Crippen LogP contribution >= 0.6 is 0 Å². The van der Waals surface area contributed by atoms with Gasteiger partial charge in [0.1, 0.15) is 11.3 Å². The van der Waals surface area contributed by atoms with Crippen LogP contribution in [0.3, 0.4) is 0 Å². The summed E-state index contributed by atoms with van der Waals surface area (Å²) in [5.74, 6) is 0.0223. The van der Waals surface area contributed by atoms with Crippen molar-refractivity contribution in [2.45, 2.75) is 19.6 Å². The summed E-state index contributed by atoms with van der Waals surface area (Å²) in [7, 11) is 3.49. The van der Waals surface area contributed by atoms with Crippen LogP contribution < -0.4 is 5.73 Å². The third kappa shape index (κ3) is 4.19. The van der Waals surface area contributed by atoms with Crippen LogP contribution in [0, 0.1) is 0 Å². The number of aromatic nitrogens is 4. The topological polar surface area (TPSA) is 93.2 Å². The molecule has 0 saturated carbocycles. The second-order valence-corrected chi connectivity index (χ2v) is 7.63. The van der Waals surface area contributed by atoms with Crippen molar-refractivity contribution in [3.05, 3.63) is 59.5 Å². The van der Waals surface area contributed by atoms with Crippen molar-refractivity contribution >= 4 is 33.5 Å². The maximum Gasteiger partial charge on any atom is 0.417 e. The quantitative estimate of drug-likeness (QED) is 0.460. The van der Waals surface area contributed by atoms with E-state index >= 15 is 0 Å². The predicted molar refractivity (Wildman–Crippen MR) is 118 cm³/mol. The van der Waals surface area contributed by atoms with Crippen molar-refractivity contribution in [3.63, 3.8) is 0 Å². The molecule has 0 aliphatic rings. The largest absolute Gasteiger partial charge is 0.417 e. The molecule has 3 aromatic heterocycles. The third-order valence-corrected chi connectivity index (χ3v) is 5.52. The first kappa shape index (κ1) is 22.5. The summed E-state index contributed by atoms with van der Waals surface area (Å²) in [6.45, 7) is 2.39. The van der Waals surface area contributed by atoms with E-state index in [-0.39, 0.29) is 12.5 Å². The second kappa shape index (κ2) is 8.32. The second-order valence-electron chi connectivity index (χ2n) is 7.63. The van der Waals surface area contributed by atoms with Crippen LogP contribution in [0.4, 0.5) is 19.0 Å². The fourth-order valence-corrected chi connectivity index (χ4v) is 3.61. The summed E-state index contributed by atoms with van der Waals surface area (Å²) < 4.78 is 40.2. The molecule has 4 rings (SSSR count). The van der Waals surface area contributed by atoms with Gasteiger partial charge in [-0.05, 0) is 30.3 Å². The minimum atomic E-state index is -4.47. The van der Waals surface area contributed by atoms with Crippen molar-refractivity contribution in [1.82, 2.24) is 29.8 Å². The number of halogens is 3. The van der Waals surface area contributed by atoms with Gasteiger partial charge in [-0.1, -0.05) is 6.92 Å². The molecule has 1 aromatic carbocycles. The first-order valence-electron chi connectivity index (χ1n) is 10.2. The summed E-state index contributed by atoms with van der Waals surface area (Å²) >= 11 is 0. The van der Waals surface area contributed by atoms with E-state index in [0.29, 0.717) is 34.7 Å². The lowest BCUT2D eigenvalue weighted by atomic mass is 10.1. The Labute approximate surface area is 187 Å². The number of carbonyl (C=O) groups is 1. The molecule has 0 aliphatic heterocycles. The molecule has 4 aromatic rings. The molecule has 8 nitrogen and oxygen atoms in total. The number of amides is 1. The van der Waals surface area contributed by atoms with Gasteiger partial charge in [0.05, 0.1) is 29.5 Å². The number of hydrogen-bond donors (Lipinski definition) is 1. The molecule has 0 unspecified atom stereocenters. The summed E-state index contributed by atoms with van der Waals surface area (Å²) in [5, 5.41) is 8.88. The number of rotatable bonds is 5. The number of hydrogen-bond acceptors (Lipinski definition) is 6. The summed E-state index contributed by atoms with van der Waals surface area (Å²) in [6.07, 6.45) is -2.03. The summed E-state index contributed by atoms with van der Waals surface area (Å²) in [4.78, 5) is 21.8. The van der Waals surface area contributed by atoms with Crippen molar-refractivity contribution in [2.75, 3.05) is 19.3 Å². The van der Waals surface area contributed by atoms with Crippen LogP contribution in [-0.2, 0) is 19.8 Å². The first-order chi connectivity index (χ1) is 15.6. The van der Waals surface area contributed by atoms with E-state index in [2.05, 4.69) is 15.1 Å². The number of carbonyl (C=O) groups excluding carboxylic acids is 1. The molecular formula is C22H22F3N7O. The van der Waals surface area contributed by atoms with Crippen LogP contribution in [0.1, 0.15) is 28.5 Å². The molecule has 0 aliphatic carbocycles. The average molecular weight is 457 g/mol. The molecule has 0 spiro atoms. The number of anilines is 1. The smallest absolute Gasteiger partial charge is 0.382 e. The molecule has 11 heteroatoms. The number of aryl methyl sites for hydroxylation is 1. The minimum absolute atomic E-state index is 0.0155. The lowest BCUT2D eigenvalue weighted by Crippen LogP contribution is -2.43. The number of nitrogens with two attached hydrogens (primary N) is 1. The van der Waals surface area contributed by atoms with Crippen LogP contribution in [0.5, 0.6) is 0 Å². The Kier molecular flexibility index (Phi) is 5.66. The molecule has 0 saturated heterocycles. The standard InChI is InChI=1S/C22H22F3N7O/c1-4-30(2)32(12-15-7-6-14(10-27-15)22(23,24)25)21(33)13-5-8-18-16(9-13)17-11-28-31(3)19(17)20(26)29-18/h5-11H,4,12H2,1-3H3,(H2,26,29). The third-order valence-electron chi connectivity index (χ3n) is 5.52. The van der Waals surface area contributed by atoms with E-state index in [1.165, 1.54) is 11.1 Å². The molecule has 0 bridgehead atoms. The van der Waals surface area contributed by atoms with E-state index in [9.17, 15) is 18.0 Å². The monoisotopic (exact) mass is 457 g/mol. The van der Waals surface area contributed by atoms with Crippen LogP contribution in [0.2, 0.25) is 0 Å².